The number of aryl methyl sites for hydroxylation is 1. The van der Waals surface area contributed by atoms with Gasteiger partial charge in [-0.1, -0.05) is 24.3 Å². The number of aliphatic imine (C=N–C) groups is 1. The van der Waals surface area contributed by atoms with Gasteiger partial charge in [-0.05, 0) is 50.1 Å². The summed E-state index contributed by atoms with van der Waals surface area (Å²) < 4.78 is 5.73. The minimum absolute atomic E-state index is 0.436. The number of hydrogen-bond donors (Lipinski definition) is 3. The van der Waals surface area contributed by atoms with Crippen LogP contribution in [0.5, 0.6) is 5.75 Å². The molecule has 0 aromatic heterocycles. The second-order valence-electron chi connectivity index (χ2n) is 6.16. The molecule has 2 rings (SSSR count). The number of benzene rings is 2. The van der Waals surface area contributed by atoms with Gasteiger partial charge in [0.15, 0.2) is 5.96 Å². The zero-order chi connectivity index (χ0) is 19.6. The maximum Gasteiger partial charge on any atom is 0.248 e. The van der Waals surface area contributed by atoms with Crippen LogP contribution in [0.15, 0.2) is 47.5 Å². The molecule has 144 valence electrons. The zero-order valence-corrected chi connectivity index (χ0v) is 16.2. The molecule has 0 radical (unpaired) electrons. The number of hydrogen-bond acceptors (Lipinski definition) is 3. The Bertz CT molecular complexity index is 803. The van der Waals surface area contributed by atoms with Gasteiger partial charge in [0.05, 0.1) is 13.2 Å². The molecule has 27 heavy (non-hydrogen) atoms. The van der Waals surface area contributed by atoms with Gasteiger partial charge in [-0.3, -0.25) is 4.79 Å². The Labute approximate surface area is 160 Å². The highest BCUT2D eigenvalue weighted by Gasteiger charge is 2.06. The lowest BCUT2D eigenvalue weighted by Gasteiger charge is -2.15. The smallest absolute Gasteiger partial charge is 0.248 e. The Balaban J connectivity index is 2.08. The van der Waals surface area contributed by atoms with E-state index < -0.39 is 5.91 Å². The number of guanidine groups is 1. The zero-order valence-electron chi connectivity index (χ0n) is 16.2. The highest BCUT2D eigenvalue weighted by Crippen LogP contribution is 2.20. The highest BCUT2D eigenvalue weighted by molar-refractivity contribution is 5.92. The topological polar surface area (TPSA) is 88.7 Å². The van der Waals surface area contributed by atoms with Crippen LogP contribution >= 0.6 is 0 Å². The molecule has 0 aliphatic carbocycles. The van der Waals surface area contributed by atoms with Crippen LogP contribution in [0.2, 0.25) is 0 Å². The van der Waals surface area contributed by atoms with Crippen molar-refractivity contribution in [3.05, 3.63) is 64.7 Å². The van der Waals surface area contributed by atoms with Crippen LogP contribution in [-0.4, -0.2) is 25.0 Å². The van der Waals surface area contributed by atoms with E-state index in [4.69, 9.17) is 10.5 Å². The van der Waals surface area contributed by atoms with Crippen molar-refractivity contribution in [2.75, 3.05) is 13.2 Å². The number of carbonyl (C=O) groups excluding carboxylic acids is 1. The average molecular weight is 368 g/mol. The molecule has 0 fully saturated rings. The van der Waals surface area contributed by atoms with E-state index in [1.165, 1.54) is 0 Å². The summed E-state index contributed by atoms with van der Waals surface area (Å²) >= 11 is 0. The number of ether oxygens (including phenoxy) is 1. The molecule has 1 amide bonds. The van der Waals surface area contributed by atoms with Crippen LogP contribution in [0.3, 0.4) is 0 Å². The van der Waals surface area contributed by atoms with Crippen molar-refractivity contribution in [2.45, 2.75) is 33.9 Å². The summed E-state index contributed by atoms with van der Waals surface area (Å²) in [5, 5.41) is 6.56. The molecule has 0 saturated heterocycles. The van der Waals surface area contributed by atoms with Crippen molar-refractivity contribution in [1.82, 2.24) is 10.6 Å². The molecule has 0 bridgehead atoms. The van der Waals surface area contributed by atoms with E-state index >= 15 is 0 Å². The molecular weight excluding hydrogens is 340 g/mol. The SMILES string of the molecule is CCNC(=NCc1cccc(C(N)=O)c1)NCc1ccc(C)cc1OCC. The largest absolute Gasteiger partial charge is 0.494 e. The van der Waals surface area contributed by atoms with E-state index in [0.717, 1.165) is 29.0 Å². The standard InChI is InChI=1S/C21H28N4O2/c1-4-23-21(24-13-16-7-6-8-17(12-16)20(22)26)25-14-18-10-9-15(3)11-19(18)27-5-2/h6-12H,4-5,13-14H2,1-3H3,(H2,22,26)(H2,23,24,25). The van der Waals surface area contributed by atoms with Gasteiger partial charge in [-0.2, -0.15) is 0 Å². The number of primary amides is 1. The molecule has 0 aliphatic rings. The van der Waals surface area contributed by atoms with Crippen LogP contribution in [0.25, 0.3) is 0 Å². The molecule has 6 nitrogen and oxygen atoms in total. The third kappa shape index (κ3) is 6.33. The Hall–Kier alpha value is -3.02. The van der Waals surface area contributed by atoms with Crippen LogP contribution in [-0.2, 0) is 13.1 Å². The monoisotopic (exact) mass is 368 g/mol. The maximum atomic E-state index is 11.3. The van der Waals surface area contributed by atoms with Crippen molar-refractivity contribution in [3.63, 3.8) is 0 Å². The second-order valence-corrected chi connectivity index (χ2v) is 6.16. The van der Waals surface area contributed by atoms with Gasteiger partial charge in [0, 0.05) is 24.2 Å². The molecule has 6 heteroatoms. The number of amides is 1. The molecule has 4 N–H and O–H groups in total. The lowest BCUT2D eigenvalue weighted by Crippen LogP contribution is -2.36. The minimum Gasteiger partial charge on any atom is -0.494 e. The molecule has 0 spiro atoms. The van der Waals surface area contributed by atoms with E-state index in [1.54, 1.807) is 12.1 Å². The predicted molar refractivity (Wildman–Crippen MR) is 109 cm³/mol. The Morgan fingerprint density at radius 2 is 1.96 bits per heavy atom. The van der Waals surface area contributed by atoms with Gasteiger partial charge in [0.1, 0.15) is 5.75 Å². The molecule has 2 aromatic rings. The van der Waals surface area contributed by atoms with E-state index in [1.807, 2.05) is 39.0 Å². The fraction of sp³-hybridized carbons (Fsp3) is 0.333. The van der Waals surface area contributed by atoms with E-state index in [-0.39, 0.29) is 0 Å². The van der Waals surface area contributed by atoms with Crippen molar-refractivity contribution in [3.8, 4) is 5.75 Å². The summed E-state index contributed by atoms with van der Waals surface area (Å²) in [6, 6.07) is 13.4. The first-order valence-electron chi connectivity index (χ1n) is 9.16. The molecule has 0 unspecified atom stereocenters. The summed E-state index contributed by atoms with van der Waals surface area (Å²) in [5.41, 5.74) is 8.99. The molecule has 0 atom stereocenters. The summed E-state index contributed by atoms with van der Waals surface area (Å²) in [6.07, 6.45) is 0. The predicted octanol–water partition coefficient (Wildman–Crippen LogP) is 2.75. The lowest BCUT2D eigenvalue weighted by molar-refractivity contribution is 0.1000. The van der Waals surface area contributed by atoms with E-state index in [9.17, 15) is 4.79 Å². The van der Waals surface area contributed by atoms with E-state index in [0.29, 0.717) is 31.2 Å². The Morgan fingerprint density at radius 1 is 1.15 bits per heavy atom. The van der Waals surface area contributed by atoms with Crippen molar-refractivity contribution in [1.29, 1.82) is 0 Å². The van der Waals surface area contributed by atoms with Gasteiger partial charge < -0.3 is 21.1 Å². The third-order valence-electron chi connectivity index (χ3n) is 3.94. The number of nitrogens with two attached hydrogens (primary N) is 1. The van der Waals surface area contributed by atoms with Crippen LogP contribution in [0, 0.1) is 6.92 Å². The molecule has 0 aliphatic heterocycles. The average Bonchev–Trinajstić information content (AvgIpc) is 2.65. The van der Waals surface area contributed by atoms with Crippen LogP contribution in [0.1, 0.15) is 40.9 Å². The van der Waals surface area contributed by atoms with Gasteiger partial charge in [-0.15, -0.1) is 0 Å². The summed E-state index contributed by atoms with van der Waals surface area (Å²) in [7, 11) is 0. The van der Waals surface area contributed by atoms with Crippen molar-refractivity contribution >= 4 is 11.9 Å². The number of nitrogens with zero attached hydrogens (tertiary/aromatic N) is 1. The van der Waals surface area contributed by atoms with E-state index in [2.05, 4.69) is 27.8 Å². The quantitative estimate of drug-likeness (QED) is 0.494. The van der Waals surface area contributed by atoms with Crippen LogP contribution in [0.4, 0.5) is 0 Å². The lowest BCUT2D eigenvalue weighted by atomic mass is 10.1. The fourth-order valence-corrected chi connectivity index (χ4v) is 2.61. The second kappa shape index (κ2) is 10.2. The number of rotatable bonds is 8. The third-order valence-corrected chi connectivity index (χ3v) is 3.94. The van der Waals surface area contributed by atoms with Gasteiger partial charge in [0.2, 0.25) is 5.91 Å². The maximum absolute atomic E-state index is 11.3. The highest BCUT2D eigenvalue weighted by atomic mass is 16.5. The summed E-state index contributed by atoms with van der Waals surface area (Å²) in [6.45, 7) is 8.46. The van der Waals surface area contributed by atoms with Gasteiger partial charge >= 0.3 is 0 Å². The fourth-order valence-electron chi connectivity index (χ4n) is 2.61. The summed E-state index contributed by atoms with van der Waals surface area (Å²) in [4.78, 5) is 15.9. The number of carbonyl (C=O) groups is 1. The molecule has 0 heterocycles. The molecule has 0 saturated carbocycles. The van der Waals surface area contributed by atoms with Gasteiger partial charge in [0.25, 0.3) is 0 Å². The number of nitrogens with one attached hydrogen (secondary N) is 2. The molecular formula is C21H28N4O2. The minimum atomic E-state index is -0.436. The van der Waals surface area contributed by atoms with Gasteiger partial charge in [-0.25, -0.2) is 4.99 Å². The first kappa shape index (κ1) is 20.3. The Morgan fingerprint density at radius 3 is 2.67 bits per heavy atom. The first-order valence-corrected chi connectivity index (χ1v) is 9.16. The first-order chi connectivity index (χ1) is 13.0. The van der Waals surface area contributed by atoms with Crippen molar-refractivity contribution < 1.29 is 9.53 Å². The van der Waals surface area contributed by atoms with Crippen molar-refractivity contribution in [2.24, 2.45) is 10.7 Å². The molecule has 2 aromatic carbocycles. The Kier molecular flexibility index (Phi) is 7.67. The van der Waals surface area contributed by atoms with Crippen LogP contribution < -0.4 is 21.1 Å². The summed E-state index contributed by atoms with van der Waals surface area (Å²) in [5.74, 6) is 1.15. The normalized spacial score (nSPS) is 11.1.